The van der Waals surface area contributed by atoms with Crippen molar-refractivity contribution in [3.8, 4) is 11.8 Å². The van der Waals surface area contributed by atoms with E-state index < -0.39 is 0 Å². The predicted molar refractivity (Wildman–Crippen MR) is 124 cm³/mol. The van der Waals surface area contributed by atoms with Crippen molar-refractivity contribution in [1.29, 1.82) is 5.26 Å². The van der Waals surface area contributed by atoms with Crippen LogP contribution in [0.3, 0.4) is 0 Å². The fraction of sp³-hybridized carbons (Fsp3) is 0.185. The number of hydrogen-bond donors (Lipinski definition) is 0. The molecule has 4 aromatic rings. The SMILES string of the molecule is Cc1cc2ccc(OCc3ccc(CN(C)Cc4ccc(C#N)cc4)cc3)cc2oc1=O. The smallest absolute Gasteiger partial charge is 0.339 e. The highest BCUT2D eigenvalue weighted by atomic mass is 16.5. The van der Waals surface area contributed by atoms with Crippen LogP contribution >= 0.6 is 0 Å². The highest BCUT2D eigenvalue weighted by Gasteiger charge is 2.05. The van der Waals surface area contributed by atoms with Crippen LogP contribution in [0.15, 0.2) is 82.0 Å². The molecule has 0 saturated carbocycles. The van der Waals surface area contributed by atoms with E-state index in [1.807, 2.05) is 42.5 Å². The van der Waals surface area contributed by atoms with Gasteiger partial charge in [0.2, 0.25) is 0 Å². The molecule has 0 radical (unpaired) electrons. The molecule has 4 rings (SSSR count). The van der Waals surface area contributed by atoms with Gasteiger partial charge in [0.05, 0.1) is 11.6 Å². The maximum Gasteiger partial charge on any atom is 0.339 e. The number of fused-ring (bicyclic) bond motifs is 1. The van der Waals surface area contributed by atoms with Crippen LogP contribution in [0.2, 0.25) is 0 Å². The van der Waals surface area contributed by atoms with E-state index in [9.17, 15) is 4.79 Å². The van der Waals surface area contributed by atoms with E-state index in [1.165, 1.54) is 11.1 Å². The van der Waals surface area contributed by atoms with Crippen LogP contribution in [-0.4, -0.2) is 11.9 Å². The first-order valence-corrected chi connectivity index (χ1v) is 10.4. The largest absolute Gasteiger partial charge is 0.489 e. The summed E-state index contributed by atoms with van der Waals surface area (Å²) in [6.07, 6.45) is 0. The number of aryl methyl sites for hydroxylation is 1. The zero-order valence-corrected chi connectivity index (χ0v) is 18.2. The van der Waals surface area contributed by atoms with Crippen molar-refractivity contribution in [2.45, 2.75) is 26.6 Å². The lowest BCUT2D eigenvalue weighted by molar-refractivity contribution is 0.305. The Labute approximate surface area is 187 Å². The highest BCUT2D eigenvalue weighted by molar-refractivity contribution is 5.78. The molecular formula is C27H24N2O3. The first-order valence-electron chi connectivity index (χ1n) is 10.4. The lowest BCUT2D eigenvalue weighted by Crippen LogP contribution is -2.17. The average molecular weight is 425 g/mol. The van der Waals surface area contributed by atoms with Crippen LogP contribution < -0.4 is 10.4 Å². The number of nitriles is 1. The Bertz CT molecular complexity index is 1320. The first-order chi connectivity index (χ1) is 15.5. The molecule has 32 heavy (non-hydrogen) atoms. The normalized spacial score (nSPS) is 10.9. The summed E-state index contributed by atoms with van der Waals surface area (Å²) in [6, 6.07) is 25.5. The lowest BCUT2D eigenvalue weighted by Gasteiger charge is -2.17. The van der Waals surface area contributed by atoms with Gasteiger partial charge >= 0.3 is 5.63 Å². The minimum Gasteiger partial charge on any atom is -0.489 e. The van der Waals surface area contributed by atoms with Crippen molar-refractivity contribution in [3.05, 3.63) is 111 Å². The maximum absolute atomic E-state index is 11.7. The van der Waals surface area contributed by atoms with Gasteiger partial charge in [-0.15, -0.1) is 0 Å². The molecule has 5 heteroatoms. The van der Waals surface area contributed by atoms with Gasteiger partial charge in [-0.25, -0.2) is 4.79 Å². The molecular weight excluding hydrogens is 400 g/mol. The average Bonchev–Trinajstić information content (AvgIpc) is 2.80. The van der Waals surface area contributed by atoms with Gasteiger partial charge in [-0.3, -0.25) is 4.90 Å². The summed E-state index contributed by atoms with van der Waals surface area (Å²) in [5, 5.41) is 9.79. The number of hydrogen-bond acceptors (Lipinski definition) is 5. The minimum atomic E-state index is -0.325. The number of nitrogens with zero attached hydrogens (tertiary/aromatic N) is 2. The van der Waals surface area contributed by atoms with Gasteiger partial charge < -0.3 is 9.15 Å². The van der Waals surface area contributed by atoms with Gasteiger partial charge in [-0.2, -0.15) is 5.26 Å². The van der Waals surface area contributed by atoms with Crippen molar-refractivity contribution in [3.63, 3.8) is 0 Å². The molecule has 0 saturated heterocycles. The van der Waals surface area contributed by atoms with Gasteiger partial charge in [0.1, 0.15) is 17.9 Å². The zero-order valence-electron chi connectivity index (χ0n) is 18.2. The standard InChI is InChI=1S/C27H24N2O3/c1-19-13-24-11-12-25(14-26(24)32-27(19)30)31-18-23-9-7-22(8-10-23)17-29(2)16-21-5-3-20(15-28)4-6-21/h3-14H,16-18H2,1-2H3. The molecule has 3 aromatic carbocycles. The van der Waals surface area contributed by atoms with Gasteiger partial charge in [-0.1, -0.05) is 36.4 Å². The van der Waals surface area contributed by atoms with Crippen molar-refractivity contribution in [2.24, 2.45) is 0 Å². The van der Waals surface area contributed by atoms with Crippen LogP contribution in [0.25, 0.3) is 11.0 Å². The molecule has 0 aliphatic carbocycles. The number of rotatable bonds is 7. The summed E-state index contributed by atoms with van der Waals surface area (Å²) in [7, 11) is 2.08. The van der Waals surface area contributed by atoms with E-state index in [4.69, 9.17) is 14.4 Å². The second-order valence-electron chi connectivity index (χ2n) is 8.00. The van der Waals surface area contributed by atoms with Crippen LogP contribution in [0.5, 0.6) is 5.75 Å². The van der Waals surface area contributed by atoms with E-state index in [-0.39, 0.29) is 5.63 Å². The second-order valence-corrected chi connectivity index (χ2v) is 8.00. The van der Waals surface area contributed by atoms with Crippen LogP contribution in [0, 0.1) is 18.3 Å². The first kappa shape index (κ1) is 21.4. The summed E-state index contributed by atoms with van der Waals surface area (Å²) in [5.74, 6) is 0.663. The Hall–Kier alpha value is -3.88. The molecule has 0 unspecified atom stereocenters. The fourth-order valence-corrected chi connectivity index (χ4v) is 3.56. The highest BCUT2D eigenvalue weighted by Crippen LogP contribution is 2.21. The monoisotopic (exact) mass is 424 g/mol. The Balaban J connectivity index is 1.33. The molecule has 0 fully saturated rings. The van der Waals surface area contributed by atoms with Gasteiger partial charge in [0, 0.05) is 30.1 Å². The van der Waals surface area contributed by atoms with Crippen LogP contribution in [0.1, 0.15) is 27.8 Å². The lowest BCUT2D eigenvalue weighted by atomic mass is 10.1. The summed E-state index contributed by atoms with van der Waals surface area (Å²) in [5.41, 5.74) is 4.93. The number of ether oxygens (including phenoxy) is 1. The summed E-state index contributed by atoms with van der Waals surface area (Å²) < 4.78 is 11.2. The molecule has 0 N–H and O–H groups in total. The van der Waals surface area contributed by atoms with E-state index >= 15 is 0 Å². The van der Waals surface area contributed by atoms with Crippen molar-refractivity contribution >= 4 is 11.0 Å². The number of benzene rings is 3. The molecule has 0 spiro atoms. The molecule has 1 heterocycles. The van der Waals surface area contributed by atoms with Gasteiger partial charge in [0.25, 0.3) is 0 Å². The molecule has 0 aliphatic rings. The second kappa shape index (κ2) is 9.51. The maximum atomic E-state index is 11.7. The van der Waals surface area contributed by atoms with Gasteiger partial charge in [-0.05, 0) is 61.0 Å². The summed E-state index contributed by atoms with van der Waals surface area (Å²) in [6.45, 7) is 3.81. The topological polar surface area (TPSA) is 66.5 Å². The molecule has 0 bridgehead atoms. The Morgan fingerprint density at radius 2 is 1.53 bits per heavy atom. The Kier molecular flexibility index (Phi) is 6.34. The summed E-state index contributed by atoms with van der Waals surface area (Å²) >= 11 is 0. The van der Waals surface area contributed by atoms with Crippen molar-refractivity contribution in [2.75, 3.05) is 7.05 Å². The third kappa shape index (κ3) is 5.23. The summed E-state index contributed by atoms with van der Waals surface area (Å²) in [4.78, 5) is 14.0. The fourth-order valence-electron chi connectivity index (χ4n) is 3.56. The van der Waals surface area contributed by atoms with Crippen molar-refractivity contribution in [1.82, 2.24) is 4.90 Å². The van der Waals surface area contributed by atoms with E-state index in [0.717, 1.165) is 24.0 Å². The molecule has 0 aliphatic heterocycles. The molecule has 0 atom stereocenters. The van der Waals surface area contributed by atoms with Crippen LogP contribution in [-0.2, 0) is 19.7 Å². The van der Waals surface area contributed by atoms with E-state index in [0.29, 0.717) is 29.1 Å². The van der Waals surface area contributed by atoms with Crippen molar-refractivity contribution < 1.29 is 9.15 Å². The van der Waals surface area contributed by atoms with Gasteiger partial charge in [0.15, 0.2) is 0 Å². The Morgan fingerprint density at radius 1 is 0.906 bits per heavy atom. The third-order valence-corrected chi connectivity index (χ3v) is 5.30. The van der Waals surface area contributed by atoms with Crippen LogP contribution in [0.4, 0.5) is 0 Å². The predicted octanol–water partition coefficient (Wildman–Crippen LogP) is 5.18. The molecule has 160 valence electrons. The van der Waals surface area contributed by atoms with E-state index in [2.05, 4.69) is 42.3 Å². The molecule has 5 nitrogen and oxygen atoms in total. The quantitative estimate of drug-likeness (QED) is 0.382. The minimum absolute atomic E-state index is 0.325. The Morgan fingerprint density at radius 3 is 2.19 bits per heavy atom. The van der Waals surface area contributed by atoms with E-state index in [1.54, 1.807) is 13.0 Å². The third-order valence-electron chi connectivity index (χ3n) is 5.30. The molecule has 1 aromatic heterocycles. The molecule has 0 amide bonds. The zero-order chi connectivity index (χ0) is 22.5.